The van der Waals surface area contributed by atoms with Crippen LogP contribution in [0.3, 0.4) is 0 Å². The van der Waals surface area contributed by atoms with Crippen LogP contribution in [-0.4, -0.2) is 532 Å². The van der Waals surface area contributed by atoms with E-state index in [1.807, 2.05) is 0 Å². The van der Waals surface area contributed by atoms with Gasteiger partial charge in [-0.3, -0.25) is 0 Å². The molecule has 51 heteroatoms. The summed E-state index contributed by atoms with van der Waals surface area (Å²) in [5, 5.41) is 330. The molecule has 0 aromatic heterocycles. The highest BCUT2D eigenvalue weighted by molar-refractivity contribution is 5.02. The van der Waals surface area contributed by atoms with Crippen molar-refractivity contribution in [3.63, 3.8) is 0 Å². The second-order valence-electron chi connectivity index (χ2n) is 29.5. The molecular weight excluding hydrogens is 1570 g/mol. The van der Waals surface area contributed by atoms with Crippen LogP contribution in [0.1, 0.15) is 13.8 Å². The molecule has 0 bridgehead atoms. The van der Waals surface area contributed by atoms with Crippen LogP contribution in [0.5, 0.6) is 0 Å². The van der Waals surface area contributed by atoms with Crippen LogP contribution in [0, 0.1) is 0 Å². The predicted octanol–water partition coefficient (Wildman–Crippen LogP) is -21.0. The molecule has 11 aliphatic rings. The summed E-state index contributed by atoms with van der Waals surface area (Å²) in [6.45, 7) is -6.05. The number of aliphatic hydroxyl groups is 30. The highest BCUT2D eigenvalue weighted by Crippen LogP contribution is 2.40. The van der Waals surface area contributed by atoms with Gasteiger partial charge in [-0.2, -0.15) is 0 Å². The largest absolute Gasteiger partial charge is 0.394 e. The third-order valence-electron chi connectivity index (χ3n) is 21.7. The first-order valence-electron chi connectivity index (χ1n) is 36.6. The molecule has 0 saturated carbocycles. The summed E-state index contributed by atoms with van der Waals surface area (Å²) < 4.78 is 122. The van der Waals surface area contributed by atoms with Crippen molar-refractivity contribution in [2.24, 2.45) is 0 Å². The molecule has 0 amide bonds. The Balaban J connectivity index is 0.898. The van der Waals surface area contributed by atoms with E-state index in [1.54, 1.807) is 0 Å². The quantitative estimate of drug-likeness (QED) is 0.0382. The van der Waals surface area contributed by atoms with Gasteiger partial charge in [0.05, 0.1) is 71.7 Å². The van der Waals surface area contributed by atoms with Crippen molar-refractivity contribution in [3.05, 3.63) is 0 Å². The van der Waals surface area contributed by atoms with Crippen molar-refractivity contribution < 1.29 is 253 Å². The van der Waals surface area contributed by atoms with Gasteiger partial charge in [-0.15, -0.1) is 0 Å². The second-order valence-corrected chi connectivity index (χ2v) is 29.5. The van der Waals surface area contributed by atoms with Crippen LogP contribution in [0.25, 0.3) is 0 Å². The fraction of sp³-hybridized carbons (Fsp3) is 1.00. The van der Waals surface area contributed by atoms with Crippen LogP contribution in [0.4, 0.5) is 0 Å². The molecule has 664 valence electrons. The van der Waals surface area contributed by atoms with Crippen molar-refractivity contribution in [1.29, 1.82) is 0 Å². The third kappa shape index (κ3) is 19.6. The highest BCUT2D eigenvalue weighted by atomic mass is 16.8. The maximum atomic E-state index is 12.4. The topological polar surface area (TPSA) is 801 Å². The standard InChI is InChI=1S/C63H106O51/c1-12-23(70)31(78)41(88)55(100-12)111-51-34(81)28(75)17(3-64)103-62(51)113-49-26(73)15(68)7-95-60(49)98-10-21-47(109-57-43(90)33(80)30(77)20(105-57)9-97-54-40(87)25(72)14(67)6-94-54)38(85)45(92)59(107-21)110-48-22(106-58(44(91)37(48)84)108-46-19(5-66)102-53(93)39(86)36(46)83)11-99-61-50(27(74)16(69)8-96-61)114-63-52(35(82)29(76)18(4-65)104-63)112-56-42(89)32(79)24(71)13(2)101-56/h12-93H,3-11H2,1-2H3/t12-,13-,14+,15+,16+,17+,18+,19+,20+,21+,22+,23+,24+,25-,26-,27-,28-,29-,30+,31+,32+,33-,34-,35-,36+,37+,38+,39+,40+,41-,42-,43+,44+,45+,46+,47+,48+,49+,50+,51+,52+,53?,54+,55-,56-,57-,58-,59-,60+,61+,62-,63-/m0/s1. The Kier molecular flexibility index (Phi) is 32.2. The Morgan fingerprint density at radius 1 is 0.211 bits per heavy atom. The van der Waals surface area contributed by atoms with E-state index in [2.05, 4.69) is 0 Å². The first kappa shape index (κ1) is 92.7. The minimum Gasteiger partial charge on any atom is -0.394 e. The van der Waals surface area contributed by atoms with Crippen LogP contribution in [-0.2, 0) is 99.5 Å². The average molecular weight is 1680 g/mol. The summed E-state index contributed by atoms with van der Waals surface area (Å²) in [5.41, 5.74) is 0. The molecule has 11 rings (SSSR count). The fourth-order valence-corrected chi connectivity index (χ4v) is 14.6. The number of ether oxygens (including phenoxy) is 21. The van der Waals surface area contributed by atoms with E-state index < -0.39 is 379 Å². The average Bonchev–Trinajstić information content (AvgIpc) is 0.776. The molecule has 11 saturated heterocycles. The maximum absolute atomic E-state index is 12.4. The molecule has 11 aliphatic heterocycles. The molecule has 0 aliphatic carbocycles. The van der Waals surface area contributed by atoms with Gasteiger partial charge in [0.15, 0.2) is 69.2 Å². The van der Waals surface area contributed by atoms with Crippen molar-refractivity contribution in [2.75, 3.05) is 59.5 Å². The molecule has 114 heavy (non-hydrogen) atoms. The first-order chi connectivity index (χ1) is 53.9. The first-order valence-corrected chi connectivity index (χ1v) is 36.6. The summed E-state index contributed by atoms with van der Waals surface area (Å²) in [6, 6.07) is 0. The smallest absolute Gasteiger partial charge is 0.187 e. The zero-order chi connectivity index (χ0) is 83.2. The molecular formula is C63H106O51. The van der Waals surface area contributed by atoms with Gasteiger partial charge in [-0.05, 0) is 13.8 Å². The minimum atomic E-state index is -2.57. The van der Waals surface area contributed by atoms with Gasteiger partial charge in [0, 0.05) is 0 Å². The van der Waals surface area contributed by atoms with Crippen molar-refractivity contribution >= 4 is 0 Å². The van der Waals surface area contributed by atoms with Crippen LogP contribution >= 0.6 is 0 Å². The Morgan fingerprint density at radius 2 is 0.474 bits per heavy atom. The molecule has 11 heterocycles. The monoisotopic (exact) mass is 1680 g/mol. The van der Waals surface area contributed by atoms with E-state index in [0.29, 0.717) is 0 Å². The maximum Gasteiger partial charge on any atom is 0.187 e. The van der Waals surface area contributed by atoms with Crippen molar-refractivity contribution in [2.45, 2.75) is 333 Å². The summed E-state index contributed by atoms with van der Waals surface area (Å²) in [7, 11) is 0. The lowest BCUT2D eigenvalue weighted by Crippen LogP contribution is -2.68. The van der Waals surface area contributed by atoms with Gasteiger partial charge in [-0.1, -0.05) is 0 Å². The lowest BCUT2D eigenvalue weighted by atomic mass is 9.95. The normalized spacial score (nSPS) is 54.7. The van der Waals surface area contributed by atoms with E-state index in [9.17, 15) is 153 Å². The van der Waals surface area contributed by atoms with Crippen LogP contribution in [0.15, 0.2) is 0 Å². The van der Waals surface area contributed by atoms with E-state index in [4.69, 9.17) is 99.5 Å². The van der Waals surface area contributed by atoms with Gasteiger partial charge in [0.2, 0.25) is 0 Å². The highest BCUT2D eigenvalue weighted by Gasteiger charge is 2.60. The van der Waals surface area contributed by atoms with Crippen LogP contribution < -0.4 is 0 Å². The summed E-state index contributed by atoms with van der Waals surface area (Å²) in [5.74, 6) is 0. The summed E-state index contributed by atoms with van der Waals surface area (Å²) in [6.07, 6.45) is -106. The minimum absolute atomic E-state index is 0.572. The van der Waals surface area contributed by atoms with Gasteiger partial charge in [0.25, 0.3) is 0 Å². The Labute approximate surface area is 644 Å². The zero-order valence-corrected chi connectivity index (χ0v) is 60.4. The Hall–Kier alpha value is -2.04. The molecule has 1 unspecified atom stereocenters. The Bertz CT molecular complexity index is 2920. The molecule has 30 N–H and O–H groups in total. The second kappa shape index (κ2) is 39.6. The molecule has 0 aromatic carbocycles. The van der Waals surface area contributed by atoms with Gasteiger partial charge in [0.1, 0.15) is 238 Å². The summed E-state index contributed by atoms with van der Waals surface area (Å²) in [4.78, 5) is 0. The number of aliphatic hydroxyl groups excluding tert-OH is 30. The van der Waals surface area contributed by atoms with Crippen LogP contribution in [0.2, 0.25) is 0 Å². The van der Waals surface area contributed by atoms with E-state index in [-0.39, 0.29) is 0 Å². The number of hydrogen-bond donors (Lipinski definition) is 30. The van der Waals surface area contributed by atoms with Gasteiger partial charge >= 0.3 is 0 Å². The fourth-order valence-electron chi connectivity index (χ4n) is 14.6. The zero-order valence-electron chi connectivity index (χ0n) is 60.4. The van der Waals surface area contributed by atoms with E-state index >= 15 is 0 Å². The molecule has 52 atom stereocenters. The molecule has 0 aromatic rings. The van der Waals surface area contributed by atoms with Gasteiger partial charge in [-0.25, -0.2) is 0 Å². The number of rotatable bonds is 26. The van der Waals surface area contributed by atoms with Gasteiger partial charge < -0.3 is 253 Å². The van der Waals surface area contributed by atoms with E-state index in [0.717, 1.165) is 0 Å². The number of hydrogen-bond acceptors (Lipinski definition) is 51. The Morgan fingerprint density at radius 3 is 0.877 bits per heavy atom. The molecule has 51 nitrogen and oxygen atoms in total. The molecule has 0 radical (unpaired) electrons. The third-order valence-corrected chi connectivity index (χ3v) is 21.7. The molecule has 11 fully saturated rings. The predicted molar refractivity (Wildman–Crippen MR) is 341 cm³/mol. The lowest BCUT2D eigenvalue weighted by Gasteiger charge is -2.50. The molecule has 0 spiro atoms. The van der Waals surface area contributed by atoms with E-state index in [1.165, 1.54) is 13.8 Å². The lowest BCUT2D eigenvalue weighted by molar-refractivity contribution is -0.401. The summed E-state index contributed by atoms with van der Waals surface area (Å²) >= 11 is 0. The van der Waals surface area contributed by atoms with Crippen molar-refractivity contribution in [1.82, 2.24) is 0 Å². The SMILES string of the molecule is C[C@@H]1O[C@@H](O[C@H]2[C@H](O[C@H]3[C@@H](OC[C@H]4O[C@@H](O[C@H]5[C@H](O)[C@@H](O)[C@H](O[C@H]6[C@H](O)[C@@H](O)C(O)O[C@@H]6CO)O[C@@H]5CO[C@H]5OC[C@@H](O)[C@H](O)[C@H]5O[C@@H]5O[C@H](CO)[C@H](O)[C@H](O)[C@H]5O[C@@H]5O[C@@H](C)[C@@H](O)[C@@H](O)[C@@H]5O)[C@H](O)[C@@H](O)[C@@H]4O[C@@H]4O[C@H](CO[C@H]5OC[C@@H](O)[C@H](O)[C@H]5O)[C@@H](O)[C@H](O)[C@H]4O)OC[C@@H](O)[C@@H]3O)O[C@H](CO)[C@H](O)[C@@H]2O)[C@@H](O)[C@H](O)[C@@H]1O. The van der Waals surface area contributed by atoms with Crippen molar-refractivity contribution in [3.8, 4) is 0 Å².